The molecular weight excluding hydrogens is 256 g/mol. The summed E-state index contributed by atoms with van der Waals surface area (Å²) in [4.78, 5) is 14.4. The summed E-state index contributed by atoms with van der Waals surface area (Å²) in [5, 5.41) is 15.9. The fraction of sp³-hybridized carbons (Fsp3) is 0.714. The number of hydrogen-bond donors (Lipinski definition) is 3. The maximum atomic E-state index is 12.6. The molecule has 0 aliphatic carbocycles. The summed E-state index contributed by atoms with van der Waals surface area (Å²) in [7, 11) is 0. The highest BCUT2D eigenvalue weighted by molar-refractivity contribution is 5.98. The van der Waals surface area contributed by atoms with Crippen molar-refractivity contribution in [1.82, 2.24) is 15.1 Å². The number of aliphatic hydroxyl groups excluding tert-OH is 1. The minimum atomic E-state index is -0.0819. The molecule has 1 aliphatic heterocycles. The number of aromatic amines is 1. The van der Waals surface area contributed by atoms with Crippen LogP contribution in [0, 0.1) is 0 Å². The predicted octanol–water partition coefficient (Wildman–Crippen LogP) is 1.32. The Morgan fingerprint density at radius 2 is 2.40 bits per heavy atom. The van der Waals surface area contributed by atoms with Crippen LogP contribution in [0.15, 0.2) is 0 Å². The van der Waals surface area contributed by atoms with Gasteiger partial charge in [-0.3, -0.25) is 9.89 Å². The van der Waals surface area contributed by atoms with E-state index in [1.54, 1.807) is 0 Å². The fourth-order valence-corrected chi connectivity index (χ4v) is 2.86. The van der Waals surface area contributed by atoms with Crippen LogP contribution < -0.4 is 5.73 Å². The number of carbonyl (C=O) groups is 1. The SMILES string of the molecule is CCCc1[nH]nc(C(=O)N2CCCC2CCCO)c1N. The maximum Gasteiger partial charge on any atom is 0.276 e. The fourth-order valence-electron chi connectivity index (χ4n) is 2.86. The van der Waals surface area contributed by atoms with E-state index in [4.69, 9.17) is 10.8 Å². The smallest absolute Gasteiger partial charge is 0.276 e. The van der Waals surface area contributed by atoms with Crippen molar-refractivity contribution in [3.63, 3.8) is 0 Å². The average Bonchev–Trinajstić information content (AvgIpc) is 3.04. The highest BCUT2D eigenvalue weighted by atomic mass is 16.3. The number of amides is 1. The van der Waals surface area contributed by atoms with E-state index in [9.17, 15) is 4.79 Å². The number of carbonyl (C=O) groups excluding carboxylic acids is 1. The standard InChI is InChI=1S/C14H24N4O2/c1-2-5-11-12(15)13(17-16-11)14(20)18-8-3-6-10(18)7-4-9-19/h10,19H,2-9,15H2,1H3,(H,16,17). The Morgan fingerprint density at radius 1 is 1.60 bits per heavy atom. The Hall–Kier alpha value is -1.56. The van der Waals surface area contributed by atoms with Gasteiger partial charge < -0.3 is 15.7 Å². The Labute approximate surface area is 119 Å². The zero-order valence-electron chi connectivity index (χ0n) is 12.1. The van der Waals surface area contributed by atoms with Gasteiger partial charge in [0.1, 0.15) is 0 Å². The number of anilines is 1. The van der Waals surface area contributed by atoms with Crippen LogP contribution in [-0.2, 0) is 6.42 Å². The van der Waals surface area contributed by atoms with Gasteiger partial charge in [-0.2, -0.15) is 5.10 Å². The molecule has 112 valence electrons. The second-order valence-electron chi connectivity index (χ2n) is 5.37. The van der Waals surface area contributed by atoms with E-state index in [2.05, 4.69) is 17.1 Å². The van der Waals surface area contributed by atoms with Gasteiger partial charge in [0.25, 0.3) is 5.91 Å². The van der Waals surface area contributed by atoms with Crippen molar-refractivity contribution in [3.8, 4) is 0 Å². The summed E-state index contributed by atoms with van der Waals surface area (Å²) < 4.78 is 0. The summed E-state index contributed by atoms with van der Waals surface area (Å²) in [6.45, 7) is 2.99. The van der Waals surface area contributed by atoms with Gasteiger partial charge in [0.05, 0.1) is 11.4 Å². The van der Waals surface area contributed by atoms with Crippen LogP contribution in [0.4, 0.5) is 5.69 Å². The first-order valence-electron chi connectivity index (χ1n) is 7.43. The van der Waals surface area contributed by atoms with Crippen LogP contribution in [0.2, 0.25) is 0 Å². The molecule has 1 aliphatic rings. The van der Waals surface area contributed by atoms with Crippen LogP contribution in [-0.4, -0.2) is 45.3 Å². The van der Waals surface area contributed by atoms with Gasteiger partial charge in [0, 0.05) is 19.2 Å². The summed E-state index contributed by atoms with van der Waals surface area (Å²) in [5.41, 5.74) is 7.71. The molecule has 1 aromatic heterocycles. The third-order valence-electron chi connectivity index (χ3n) is 3.92. The number of nitrogens with two attached hydrogens (primary N) is 1. The molecule has 1 fully saturated rings. The molecule has 6 heteroatoms. The summed E-state index contributed by atoms with van der Waals surface area (Å²) in [5.74, 6) is -0.0819. The van der Waals surface area contributed by atoms with E-state index in [-0.39, 0.29) is 18.6 Å². The molecule has 1 amide bonds. The van der Waals surface area contributed by atoms with Crippen LogP contribution in [0.5, 0.6) is 0 Å². The van der Waals surface area contributed by atoms with Crippen molar-refractivity contribution >= 4 is 11.6 Å². The monoisotopic (exact) mass is 280 g/mol. The molecule has 0 spiro atoms. The zero-order valence-corrected chi connectivity index (χ0v) is 12.1. The number of aryl methyl sites for hydroxylation is 1. The summed E-state index contributed by atoms with van der Waals surface area (Å²) >= 11 is 0. The van der Waals surface area contributed by atoms with Crippen molar-refractivity contribution in [2.24, 2.45) is 0 Å². The van der Waals surface area contributed by atoms with Crippen LogP contribution in [0.1, 0.15) is 55.2 Å². The van der Waals surface area contributed by atoms with Crippen molar-refractivity contribution in [2.75, 3.05) is 18.9 Å². The minimum Gasteiger partial charge on any atom is -0.396 e. The highest BCUT2D eigenvalue weighted by Crippen LogP contribution is 2.25. The van der Waals surface area contributed by atoms with Gasteiger partial charge in [-0.1, -0.05) is 13.3 Å². The van der Waals surface area contributed by atoms with E-state index in [1.165, 1.54) is 0 Å². The molecule has 0 radical (unpaired) electrons. The van der Waals surface area contributed by atoms with Crippen molar-refractivity contribution in [1.29, 1.82) is 0 Å². The molecule has 1 aromatic rings. The molecule has 1 unspecified atom stereocenters. The van der Waals surface area contributed by atoms with Crippen molar-refractivity contribution in [3.05, 3.63) is 11.4 Å². The topological polar surface area (TPSA) is 95.2 Å². The van der Waals surface area contributed by atoms with E-state index in [0.29, 0.717) is 11.4 Å². The van der Waals surface area contributed by atoms with Gasteiger partial charge in [-0.15, -0.1) is 0 Å². The number of H-pyrrole nitrogens is 1. The second-order valence-corrected chi connectivity index (χ2v) is 5.37. The first-order chi connectivity index (χ1) is 9.69. The second kappa shape index (κ2) is 6.74. The molecule has 4 N–H and O–H groups in total. The first-order valence-corrected chi connectivity index (χ1v) is 7.43. The lowest BCUT2D eigenvalue weighted by atomic mass is 10.1. The molecular formula is C14H24N4O2. The highest BCUT2D eigenvalue weighted by Gasteiger charge is 2.31. The number of aromatic nitrogens is 2. The Balaban J connectivity index is 2.10. The first kappa shape index (κ1) is 14.8. The van der Waals surface area contributed by atoms with E-state index in [1.807, 2.05) is 4.90 Å². The lowest BCUT2D eigenvalue weighted by Crippen LogP contribution is -2.36. The van der Waals surface area contributed by atoms with Gasteiger partial charge >= 0.3 is 0 Å². The molecule has 2 heterocycles. The van der Waals surface area contributed by atoms with Crippen LogP contribution in [0.3, 0.4) is 0 Å². The average molecular weight is 280 g/mol. The van der Waals surface area contributed by atoms with Crippen LogP contribution in [0.25, 0.3) is 0 Å². The van der Waals surface area contributed by atoms with Gasteiger partial charge in [0.15, 0.2) is 5.69 Å². The number of rotatable bonds is 6. The number of hydrogen-bond acceptors (Lipinski definition) is 4. The van der Waals surface area contributed by atoms with Gasteiger partial charge in [-0.25, -0.2) is 0 Å². The Kier molecular flexibility index (Phi) is 5.00. The molecule has 20 heavy (non-hydrogen) atoms. The zero-order chi connectivity index (χ0) is 14.5. The van der Waals surface area contributed by atoms with E-state index >= 15 is 0 Å². The van der Waals surface area contributed by atoms with Gasteiger partial charge in [0.2, 0.25) is 0 Å². The van der Waals surface area contributed by atoms with E-state index in [0.717, 1.165) is 50.8 Å². The molecule has 2 rings (SSSR count). The van der Waals surface area contributed by atoms with Crippen LogP contribution >= 0.6 is 0 Å². The summed E-state index contributed by atoms with van der Waals surface area (Å²) in [6, 6.07) is 0.209. The van der Waals surface area contributed by atoms with E-state index < -0.39 is 0 Å². The van der Waals surface area contributed by atoms with Crippen molar-refractivity contribution < 1.29 is 9.90 Å². The Morgan fingerprint density at radius 3 is 3.10 bits per heavy atom. The largest absolute Gasteiger partial charge is 0.396 e. The lowest BCUT2D eigenvalue weighted by molar-refractivity contribution is 0.0719. The molecule has 0 saturated carbocycles. The number of nitrogens with zero attached hydrogens (tertiary/aromatic N) is 2. The molecule has 6 nitrogen and oxygen atoms in total. The van der Waals surface area contributed by atoms with Crippen molar-refractivity contribution in [2.45, 2.75) is 51.5 Å². The Bertz CT molecular complexity index is 458. The summed E-state index contributed by atoms with van der Waals surface area (Å²) in [6.07, 6.45) is 5.34. The number of likely N-dealkylation sites (tertiary alicyclic amines) is 1. The predicted molar refractivity (Wildman–Crippen MR) is 77.4 cm³/mol. The van der Waals surface area contributed by atoms with Gasteiger partial charge in [-0.05, 0) is 32.1 Å². The quantitative estimate of drug-likeness (QED) is 0.732. The third kappa shape index (κ3) is 2.95. The molecule has 1 saturated heterocycles. The minimum absolute atomic E-state index is 0.0819. The third-order valence-corrected chi connectivity index (χ3v) is 3.92. The lowest BCUT2D eigenvalue weighted by Gasteiger charge is -2.23. The molecule has 0 bridgehead atoms. The number of nitrogen functional groups attached to an aromatic ring is 1. The number of nitrogens with one attached hydrogen (secondary N) is 1. The number of aliphatic hydroxyl groups is 1. The normalized spacial score (nSPS) is 18.7. The molecule has 0 aromatic carbocycles. The maximum absolute atomic E-state index is 12.6. The molecule has 1 atom stereocenters.